The molecule has 1 saturated carbocycles. The van der Waals surface area contributed by atoms with Crippen LogP contribution in [0.25, 0.3) is 10.9 Å². The molecule has 0 bridgehead atoms. The molecule has 1 aliphatic rings. The molecule has 2 amide bonds. The van der Waals surface area contributed by atoms with E-state index in [1.807, 2.05) is 24.3 Å². The first kappa shape index (κ1) is 26.6. The van der Waals surface area contributed by atoms with Gasteiger partial charge in [0.1, 0.15) is 11.6 Å². The second-order valence-electron chi connectivity index (χ2n) is 10.9. The lowest BCUT2D eigenvalue weighted by Crippen LogP contribution is -2.33. The molecule has 4 aromatic carbocycles. The van der Waals surface area contributed by atoms with Crippen LogP contribution < -0.4 is 10.6 Å². The van der Waals surface area contributed by atoms with Crippen LogP contribution in [0.4, 0.5) is 15.0 Å². The molecule has 0 radical (unpaired) electrons. The van der Waals surface area contributed by atoms with Crippen molar-refractivity contribution in [3.63, 3.8) is 0 Å². The fourth-order valence-corrected chi connectivity index (χ4v) is 5.98. The number of carbonyl (C=O) groups is 1. The molecule has 1 aliphatic carbocycles. The largest absolute Gasteiger partial charge is 0.334 e. The Kier molecular flexibility index (Phi) is 6.91. The highest BCUT2D eigenvalue weighted by molar-refractivity contribution is 5.94. The number of hydrogen-bond acceptors (Lipinski definition) is 3. The zero-order chi connectivity index (χ0) is 29.2. The lowest BCUT2D eigenvalue weighted by Gasteiger charge is -2.36. The predicted octanol–water partition coefficient (Wildman–Crippen LogP) is 7.68. The Labute approximate surface area is 249 Å². The van der Waals surface area contributed by atoms with Gasteiger partial charge in [-0.2, -0.15) is 5.10 Å². The van der Waals surface area contributed by atoms with Crippen molar-refractivity contribution in [2.24, 2.45) is 0 Å². The van der Waals surface area contributed by atoms with Gasteiger partial charge in [0.2, 0.25) is 0 Å². The van der Waals surface area contributed by atoms with Gasteiger partial charge in [-0.25, -0.2) is 14.2 Å². The molecule has 43 heavy (non-hydrogen) atoms. The van der Waals surface area contributed by atoms with Crippen LogP contribution in [-0.4, -0.2) is 21.2 Å². The monoisotopic (exact) mass is 567 g/mol. The first-order valence-electron chi connectivity index (χ1n) is 14.5. The summed E-state index contributed by atoms with van der Waals surface area (Å²) < 4.78 is 13.3. The van der Waals surface area contributed by atoms with E-state index in [4.69, 9.17) is 10.1 Å². The molecule has 7 heteroatoms. The van der Waals surface area contributed by atoms with Crippen molar-refractivity contribution in [2.75, 3.05) is 5.32 Å². The van der Waals surface area contributed by atoms with Gasteiger partial charge in [-0.05, 0) is 47.2 Å². The normalized spacial score (nSPS) is 13.1. The number of fused-ring (bicyclic) bond motifs is 1. The maximum atomic E-state index is 13.3. The number of H-pyrrole nitrogens is 1. The lowest BCUT2D eigenvalue weighted by atomic mass is 9.66. The molecule has 0 spiro atoms. The standard InChI is InChI=1S/C36H30FN5O/c37-29-20-16-24(17-21-29)23-38-35(43)40-31-22-30-32(33(42-41-30)25-18-19-25)34(39-31)36(26-10-4-1-5-11-26,27-12-6-2-7-13-27)28-14-8-3-9-15-28/h1-17,20-22,25H,18-19,23H2,(H,41,42)(H2,38,39,40,43). The molecular weight excluding hydrogens is 537 g/mol. The molecule has 2 heterocycles. The van der Waals surface area contributed by atoms with Crippen LogP contribution in [0.3, 0.4) is 0 Å². The van der Waals surface area contributed by atoms with Crippen molar-refractivity contribution in [2.45, 2.75) is 30.7 Å². The third kappa shape index (κ3) is 5.03. The highest BCUT2D eigenvalue weighted by atomic mass is 19.1. The minimum atomic E-state index is -0.808. The Bertz CT molecular complexity index is 1770. The summed E-state index contributed by atoms with van der Waals surface area (Å²) in [5, 5.41) is 14.8. The molecule has 6 nitrogen and oxygen atoms in total. The molecule has 6 aromatic rings. The molecule has 0 saturated heterocycles. The number of benzene rings is 4. The third-order valence-electron chi connectivity index (χ3n) is 8.13. The molecule has 7 rings (SSSR count). The number of halogens is 1. The van der Waals surface area contributed by atoms with E-state index in [0.717, 1.165) is 57.4 Å². The van der Waals surface area contributed by atoms with Crippen molar-refractivity contribution < 1.29 is 9.18 Å². The first-order chi connectivity index (χ1) is 21.1. The van der Waals surface area contributed by atoms with Crippen LogP contribution in [0.15, 0.2) is 121 Å². The number of aromatic amines is 1. The number of rotatable bonds is 8. The Hall–Kier alpha value is -5.30. The summed E-state index contributed by atoms with van der Waals surface area (Å²) in [4.78, 5) is 18.4. The second-order valence-corrected chi connectivity index (χ2v) is 10.9. The smallest absolute Gasteiger partial charge is 0.320 e. The van der Waals surface area contributed by atoms with Crippen LogP contribution in [0, 0.1) is 5.82 Å². The fourth-order valence-electron chi connectivity index (χ4n) is 5.98. The minimum absolute atomic E-state index is 0.247. The number of anilines is 1. The summed E-state index contributed by atoms with van der Waals surface area (Å²) in [5.74, 6) is 0.463. The maximum Gasteiger partial charge on any atom is 0.320 e. The number of pyridine rings is 1. The number of nitrogens with zero attached hydrogens (tertiary/aromatic N) is 2. The zero-order valence-electron chi connectivity index (χ0n) is 23.4. The van der Waals surface area contributed by atoms with Crippen molar-refractivity contribution in [3.8, 4) is 0 Å². The Morgan fingerprint density at radius 3 is 1.91 bits per heavy atom. The molecule has 0 atom stereocenters. The van der Waals surface area contributed by atoms with Gasteiger partial charge in [0.25, 0.3) is 0 Å². The van der Waals surface area contributed by atoms with Crippen molar-refractivity contribution in [3.05, 3.63) is 161 Å². The SMILES string of the molecule is O=C(NCc1ccc(F)cc1)Nc1cc2n[nH]c(C3CC3)c2c(C(c2ccccc2)(c2ccccc2)c2ccccc2)n1. The number of urea groups is 1. The van der Waals surface area contributed by atoms with Gasteiger partial charge >= 0.3 is 6.03 Å². The Morgan fingerprint density at radius 1 is 0.814 bits per heavy atom. The van der Waals surface area contributed by atoms with Gasteiger partial charge in [0, 0.05) is 29.6 Å². The molecule has 0 aliphatic heterocycles. The molecule has 0 unspecified atom stereocenters. The lowest BCUT2D eigenvalue weighted by molar-refractivity contribution is 0.251. The molecule has 2 aromatic heterocycles. The molecular formula is C36H30FN5O. The second kappa shape index (κ2) is 11.2. The Balaban J connectivity index is 1.42. The van der Waals surface area contributed by atoms with Crippen LogP contribution in [0.5, 0.6) is 0 Å². The summed E-state index contributed by atoms with van der Waals surface area (Å²) >= 11 is 0. The number of nitrogens with one attached hydrogen (secondary N) is 3. The quantitative estimate of drug-likeness (QED) is 0.165. The minimum Gasteiger partial charge on any atom is -0.334 e. The van der Waals surface area contributed by atoms with E-state index in [9.17, 15) is 9.18 Å². The van der Waals surface area contributed by atoms with Crippen LogP contribution >= 0.6 is 0 Å². The van der Waals surface area contributed by atoms with E-state index in [0.29, 0.717) is 11.7 Å². The van der Waals surface area contributed by atoms with Crippen LogP contribution in [0.2, 0.25) is 0 Å². The summed E-state index contributed by atoms with van der Waals surface area (Å²) in [6.07, 6.45) is 2.19. The highest BCUT2D eigenvalue weighted by Gasteiger charge is 2.43. The van der Waals surface area contributed by atoms with Crippen molar-refractivity contribution in [1.82, 2.24) is 20.5 Å². The van der Waals surface area contributed by atoms with E-state index >= 15 is 0 Å². The van der Waals surface area contributed by atoms with Crippen molar-refractivity contribution in [1.29, 1.82) is 0 Å². The highest BCUT2D eigenvalue weighted by Crippen LogP contribution is 2.50. The van der Waals surface area contributed by atoms with Crippen LogP contribution in [0.1, 0.15) is 52.4 Å². The summed E-state index contributed by atoms with van der Waals surface area (Å²) in [6, 6.07) is 38.7. The van der Waals surface area contributed by atoms with Gasteiger partial charge in [-0.3, -0.25) is 10.4 Å². The van der Waals surface area contributed by atoms with Crippen LogP contribution in [-0.2, 0) is 12.0 Å². The summed E-state index contributed by atoms with van der Waals surface area (Å²) in [7, 11) is 0. The van der Waals surface area contributed by atoms with Gasteiger partial charge in [-0.1, -0.05) is 103 Å². The number of carbonyl (C=O) groups excluding carboxylic acids is 1. The maximum absolute atomic E-state index is 13.3. The van der Waals surface area contributed by atoms with Gasteiger partial charge in [0.05, 0.1) is 16.6 Å². The number of amides is 2. The van der Waals surface area contributed by atoms with E-state index in [1.165, 1.54) is 12.1 Å². The van der Waals surface area contributed by atoms with E-state index in [2.05, 4.69) is 88.5 Å². The molecule has 212 valence electrons. The summed E-state index contributed by atoms with van der Waals surface area (Å²) in [6.45, 7) is 0.247. The third-order valence-corrected chi connectivity index (χ3v) is 8.13. The summed E-state index contributed by atoms with van der Waals surface area (Å²) in [5.41, 5.74) is 5.78. The first-order valence-corrected chi connectivity index (χ1v) is 14.5. The molecule has 3 N–H and O–H groups in total. The molecule has 1 fully saturated rings. The Morgan fingerprint density at radius 2 is 1.37 bits per heavy atom. The van der Waals surface area contributed by atoms with Gasteiger partial charge in [-0.15, -0.1) is 0 Å². The van der Waals surface area contributed by atoms with E-state index < -0.39 is 11.4 Å². The van der Waals surface area contributed by atoms with E-state index in [1.54, 1.807) is 12.1 Å². The van der Waals surface area contributed by atoms with Crippen molar-refractivity contribution >= 4 is 22.8 Å². The topological polar surface area (TPSA) is 82.7 Å². The fraction of sp³-hybridized carbons (Fsp3) is 0.139. The average Bonchev–Trinajstić information content (AvgIpc) is 3.81. The zero-order valence-corrected chi connectivity index (χ0v) is 23.4. The average molecular weight is 568 g/mol. The van der Waals surface area contributed by atoms with Gasteiger partial charge < -0.3 is 5.32 Å². The predicted molar refractivity (Wildman–Crippen MR) is 166 cm³/mol. The van der Waals surface area contributed by atoms with Gasteiger partial charge in [0.15, 0.2) is 0 Å². The number of aromatic nitrogens is 3. The number of hydrogen-bond donors (Lipinski definition) is 3. The van der Waals surface area contributed by atoms with E-state index in [-0.39, 0.29) is 12.4 Å².